The smallest absolute Gasteiger partial charge is 0.208 e. The van der Waals surface area contributed by atoms with Crippen LogP contribution in [-0.4, -0.2) is 24.7 Å². The van der Waals surface area contributed by atoms with Gasteiger partial charge in [0.2, 0.25) is 5.89 Å². The van der Waals surface area contributed by atoms with Crippen molar-refractivity contribution in [3.63, 3.8) is 0 Å². The summed E-state index contributed by atoms with van der Waals surface area (Å²) in [5.41, 5.74) is 0. The first-order valence-electron chi connectivity index (χ1n) is 5.98. The Labute approximate surface area is 96.4 Å². The fourth-order valence-corrected chi connectivity index (χ4v) is 1.82. The van der Waals surface area contributed by atoms with E-state index >= 15 is 0 Å². The van der Waals surface area contributed by atoms with Gasteiger partial charge in [-0.2, -0.15) is 0 Å². The van der Waals surface area contributed by atoms with Gasteiger partial charge in [0.1, 0.15) is 5.76 Å². The molecule has 0 radical (unpaired) electrons. The van der Waals surface area contributed by atoms with Gasteiger partial charge in [-0.3, -0.25) is 0 Å². The van der Waals surface area contributed by atoms with Gasteiger partial charge in [-0.15, -0.1) is 0 Å². The molecule has 0 bridgehead atoms. The number of nitrogens with one attached hydrogen (secondary N) is 1. The molecule has 0 saturated carbocycles. The molecule has 16 heavy (non-hydrogen) atoms. The van der Waals surface area contributed by atoms with Gasteiger partial charge in [0.25, 0.3) is 0 Å². The van der Waals surface area contributed by atoms with Gasteiger partial charge in [0.15, 0.2) is 0 Å². The van der Waals surface area contributed by atoms with Crippen molar-refractivity contribution < 1.29 is 9.15 Å². The predicted molar refractivity (Wildman–Crippen MR) is 61.2 cm³/mol. The minimum Gasteiger partial charge on any atom is -0.444 e. The first-order valence-corrected chi connectivity index (χ1v) is 5.98. The summed E-state index contributed by atoms with van der Waals surface area (Å²) < 4.78 is 11.0. The molecule has 1 N–H and O–H groups in total. The molecular formula is C12H20N2O2. The third-order valence-corrected chi connectivity index (χ3v) is 2.73. The third kappa shape index (κ3) is 3.06. The first kappa shape index (κ1) is 11.6. The van der Waals surface area contributed by atoms with Gasteiger partial charge in [0.05, 0.1) is 19.3 Å². The zero-order chi connectivity index (χ0) is 11.4. The van der Waals surface area contributed by atoms with E-state index in [-0.39, 0.29) is 0 Å². The van der Waals surface area contributed by atoms with Gasteiger partial charge in [-0.25, -0.2) is 4.98 Å². The molecule has 0 aliphatic carbocycles. The number of hydrogen-bond donors (Lipinski definition) is 1. The van der Waals surface area contributed by atoms with Crippen molar-refractivity contribution in [3.05, 3.63) is 17.8 Å². The van der Waals surface area contributed by atoms with E-state index in [1.807, 2.05) is 6.20 Å². The maximum absolute atomic E-state index is 5.70. The zero-order valence-corrected chi connectivity index (χ0v) is 10.0. The van der Waals surface area contributed by atoms with E-state index in [0.29, 0.717) is 18.4 Å². The molecule has 4 nitrogen and oxygen atoms in total. The van der Waals surface area contributed by atoms with Gasteiger partial charge in [-0.1, -0.05) is 13.8 Å². The normalized spacial score (nSPS) is 20.8. The lowest BCUT2D eigenvalue weighted by molar-refractivity contribution is 0.191. The van der Waals surface area contributed by atoms with Crippen LogP contribution in [0.5, 0.6) is 0 Å². The summed E-state index contributed by atoms with van der Waals surface area (Å²) in [6, 6.07) is 0. The summed E-state index contributed by atoms with van der Waals surface area (Å²) in [6.07, 6.45) is 2.89. The van der Waals surface area contributed by atoms with E-state index in [0.717, 1.165) is 37.8 Å². The van der Waals surface area contributed by atoms with Crippen molar-refractivity contribution in [1.29, 1.82) is 0 Å². The van der Waals surface area contributed by atoms with Gasteiger partial charge in [0, 0.05) is 12.5 Å². The quantitative estimate of drug-likeness (QED) is 0.830. The Morgan fingerprint density at radius 3 is 3.12 bits per heavy atom. The molecule has 1 aromatic rings. The van der Waals surface area contributed by atoms with Crippen LogP contribution in [0.25, 0.3) is 0 Å². The monoisotopic (exact) mass is 224 g/mol. The highest BCUT2D eigenvalue weighted by molar-refractivity contribution is 5.03. The van der Waals surface area contributed by atoms with Gasteiger partial charge in [-0.05, 0) is 18.9 Å². The molecular weight excluding hydrogens is 204 g/mol. The van der Waals surface area contributed by atoms with E-state index in [1.165, 1.54) is 0 Å². The number of nitrogens with zero attached hydrogens (tertiary/aromatic N) is 1. The largest absolute Gasteiger partial charge is 0.444 e. The van der Waals surface area contributed by atoms with Crippen LogP contribution in [0.2, 0.25) is 0 Å². The molecule has 0 amide bonds. The molecule has 1 aliphatic rings. The number of aromatic nitrogens is 1. The summed E-state index contributed by atoms with van der Waals surface area (Å²) in [5, 5.41) is 3.32. The SMILES string of the molecule is CC(C)CNCc1ncc(C2CCOC2)o1. The molecule has 90 valence electrons. The second-order valence-electron chi connectivity index (χ2n) is 4.74. The van der Waals surface area contributed by atoms with E-state index < -0.39 is 0 Å². The van der Waals surface area contributed by atoms with E-state index in [4.69, 9.17) is 9.15 Å². The summed E-state index contributed by atoms with van der Waals surface area (Å²) >= 11 is 0. The highest BCUT2D eigenvalue weighted by atomic mass is 16.5. The van der Waals surface area contributed by atoms with Crippen LogP contribution in [0.1, 0.15) is 37.8 Å². The third-order valence-electron chi connectivity index (χ3n) is 2.73. The van der Waals surface area contributed by atoms with Crippen LogP contribution in [-0.2, 0) is 11.3 Å². The standard InChI is InChI=1S/C12H20N2O2/c1-9(2)5-13-7-12-14-6-11(16-12)10-3-4-15-8-10/h6,9-10,13H,3-5,7-8H2,1-2H3. The highest BCUT2D eigenvalue weighted by Crippen LogP contribution is 2.25. The zero-order valence-electron chi connectivity index (χ0n) is 10.0. The van der Waals surface area contributed by atoms with Crippen LogP contribution in [0.15, 0.2) is 10.6 Å². The average molecular weight is 224 g/mol. The molecule has 0 aromatic carbocycles. The fraction of sp³-hybridized carbons (Fsp3) is 0.750. The van der Waals surface area contributed by atoms with Gasteiger partial charge >= 0.3 is 0 Å². The van der Waals surface area contributed by atoms with Crippen LogP contribution < -0.4 is 5.32 Å². The van der Waals surface area contributed by atoms with Crippen molar-refractivity contribution in [1.82, 2.24) is 10.3 Å². The van der Waals surface area contributed by atoms with Crippen molar-refractivity contribution in [2.45, 2.75) is 32.7 Å². The van der Waals surface area contributed by atoms with Crippen molar-refractivity contribution >= 4 is 0 Å². The van der Waals surface area contributed by atoms with E-state index in [9.17, 15) is 0 Å². The van der Waals surface area contributed by atoms with Crippen molar-refractivity contribution in [2.24, 2.45) is 5.92 Å². The molecule has 2 rings (SSSR count). The Hall–Kier alpha value is -0.870. The molecule has 0 spiro atoms. The van der Waals surface area contributed by atoms with E-state index in [2.05, 4.69) is 24.1 Å². The number of ether oxygens (including phenoxy) is 1. The maximum atomic E-state index is 5.70. The first-order chi connectivity index (χ1) is 7.75. The van der Waals surface area contributed by atoms with Crippen LogP contribution in [0, 0.1) is 5.92 Å². The number of hydrogen-bond acceptors (Lipinski definition) is 4. The average Bonchev–Trinajstić information content (AvgIpc) is 2.85. The predicted octanol–water partition coefficient (Wildman–Crippen LogP) is 1.92. The maximum Gasteiger partial charge on any atom is 0.208 e. The summed E-state index contributed by atoms with van der Waals surface area (Å²) in [6.45, 7) is 7.68. The molecule has 4 heteroatoms. The Balaban J connectivity index is 1.82. The number of oxazole rings is 1. The minimum atomic E-state index is 0.409. The van der Waals surface area contributed by atoms with Crippen LogP contribution in [0.4, 0.5) is 0 Å². The Morgan fingerprint density at radius 2 is 2.44 bits per heavy atom. The second kappa shape index (κ2) is 5.46. The summed E-state index contributed by atoms with van der Waals surface area (Å²) in [7, 11) is 0. The molecule has 1 saturated heterocycles. The Morgan fingerprint density at radius 1 is 1.56 bits per heavy atom. The van der Waals surface area contributed by atoms with Crippen LogP contribution in [0.3, 0.4) is 0 Å². The molecule has 1 aliphatic heterocycles. The van der Waals surface area contributed by atoms with E-state index in [1.54, 1.807) is 0 Å². The molecule has 1 aromatic heterocycles. The minimum absolute atomic E-state index is 0.409. The number of rotatable bonds is 5. The highest BCUT2D eigenvalue weighted by Gasteiger charge is 2.21. The van der Waals surface area contributed by atoms with Crippen molar-refractivity contribution in [2.75, 3.05) is 19.8 Å². The Bertz CT molecular complexity index is 317. The topological polar surface area (TPSA) is 47.3 Å². The molecule has 2 heterocycles. The molecule has 1 atom stereocenters. The lowest BCUT2D eigenvalue weighted by Gasteiger charge is -2.04. The van der Waals surface area contributed by atoms with Gasteiger partial charge < -0.3 is 14.5 Å². The molecule has 1 unspecified atom stereocenters. The summed E-state index contributed by atoms with van der Waals surface area (Å²) in [4.78, 5) is 4.27. The van der Waals surface area contributed by atoms with Crippen LogP contribution >= 0.6 is 0 Å². The molecule has 1 fully saturated rings. The van der Waals surface area contributed by atoms with Crippen molar-refractivity contribution in [3.8, 4) is 0 Å². The Kier molecular flexibility index (Phi) is 3.96. The second-order valence-corrected chi connectivity index (χ2v) is 4.74. The lowest BCUT2D eigenvalue weighted by Crippen LogP contribution is -2.19. The fourth-order valence-electron chi connectivity index (χ4n) is 1.82. The summed E-state index contributed by atoms with van der Waals surface area (Å²) in [5.74, 6) is 2.81. The lowest BCUT2D eigenvalue weighted by atomic mass is 10.1.